The van der Waals surface area contributed by atoms with Crippen molar-refractivity contribution >= 4 is 23.4 Å². The van der Waals surface area contributed by atoms with Gasteiger partial charge >= 0.3 is 0 Å². The fourth-order valence-corrected chi connectivity index (χ4v) is 5.76. The van der Waals surface area contributed by atoms with E-state index in [-0.39, 0.29) is 17.7 Å². The topological polar surface area (TPSA) is 64.2 Å². The van der Waals surface area contributed by atoms with E-state index in [9.17, 15) is 14.4 Å². The molecule has 0 aromatic heterocycles. The highest BCUT2D eigenvalue weighted by atomic mass is 16.2. The molecule has 1 aromatic rings. The molecule has 0 spiro atoms. The summed E-state index contributed by atoms with van der Waals surface area (Å²) in [4.78, 5) is 46.5. The summed E-state index contributed by atoms with van der Waals surface area (Å²) in [5.74, 6) is 0.121. The summed E-state index contributed by atoms with van der Waals surface area (Å²) >= 11 is 0. The summed E-state index contributed by atoms with van der Waals surface area (Å²) in [5.41, 5.74) is 0.626. The lowest BCUT2D eigenvalue weighted by Crippen LogP contribution is -2.62. The van der Waals surface area contributed by atoms with Crippen LogP contribution in [0.4, 0.5) is 5.69 Å². The molecule has 1 saturated heterocycles. The summed E-state index contributed by atoms with van der Waals surface area (Å²) in [6.45, 7) is 4.06. The second kappa shape index (κ2) is 9.84. The third-order valence-corrected chi connectivity index (χ3v) is 7.93. The molecule has 2 aliphatic heterocycles. The first kappa shape index (κ1) is 23.7. The van der Waals surface area contributed by atoms with Crippen molar-refractivity contribution in [3.8, 4) is 0 Å². The van der Waals surface area contributed by atoms with Crippen molar-refractivity contribution in [2.24, 2.45) is 0 Å². The maximum absolute atomic E-state index is 13.3. The predicted octanol–water partition coefficient (Wildman–Crippen LogP) is 3.49. The van der Waals surface area contributed by atoms with Gasteiger partial charge in [-0.05, 0) is 51.8 Å². The van der Waals surface area contributed by atoms with Gasteiger partial charge in [-0.25, -0.2) is 0 Å². The minimum absolute atomic E-state index is 0.0473. The van der Waals surface area contributed by atoms with Crippen LogP contribution in [0.2, 0.25) is 0 Å². The Morgan fingerprint density at radius 3 is 2.58 bits per heavy atom. The van der Waals surface area contributed by atoms with E-state index in [1.54, 1.807) is 11.0 Å². The Hall–Kier alpha value is -2.41. The lowest BCUT2D eigenvalue weighted by atomic mass is 9.94. The fraction of sp³-hybridized carbons (Fsp3) is 0.654. The second-order valence-corrected chi connectivity index (χ2v) is 10.1. The fourth-order valence-electron chi connectivity index (χ4n) is 5.76. The standard InChI is InChI=1S/C26H38N4O3/c1-26-16-15-24(32)30(26)22-13-8-7-12-21(22)25(33)29(26)17-9-14-23(31)28(3)19-18-27(2)20-10-5-4-6-11-20/h7-8,12-13,20H,4-6,9-11,14-19H2,1-3H3. The Balaban J connectivity index is 1.32. The molecule has 2 fully saturated rings. The number of nitrogens with zero attached hydrogens (tertiary/aromatic N) is 4. The lowest BCUT2D eigenvalue weighted by Gasteiger charge is -2.48. The van der Waals surface area contributed by atoms with Gasteiger partial charge in [0, 0.05) is 45.6 Å². The van der Waals surface area contributed by atoms with Gasteiger partial charge < -0.3 is 14.7 Å². The van der Waals surface area contributed by atoms with Crippen molar-refractivity contribution in [1.82, 2.24) is 14.7 Å². The zero-order chi connectivity index (χ0) is 23.6. The van der Waals surface area contributed by atoms with E-state index >= 15 is 0 Å². The molecule has 1 unspecified atom stereocenters. The summed E-state index contributed by atoms with van der Waals surface area (Å²) in [7, 11) is 4.04. The minimum Gasteiger partial charge on any atom is -0.344 e. The number of para-hydroxylation sites is 1. The van der Waals surface area contributed by atoms with E-state index in [1.165, 1.54) is 32.1 Å². The van der Waals surface area contributed by atoms with E-state index in [0.717, 1.165) is 13.1 Å². The zero-order valence-corrected chi connectivity index (χ0v) is 20.4. The number of rotatable bonds is 8. The molecule has 7 heteroatoms. The molecule has 0 bridgehead atoms. The van der Waals surface area contributed by atoms with Crippen LogP contribution in [0.3, 0.4) is 0 Å². The van der Waals surface area contributed by atoms with Gasteiger partial charge in [-0.1, -0.05) is 31.4 Å². The Morgan fingerprint density at radius 1 is 1.09 bits per heavy atom. The molecule has 1 saturated carbocycles. The average molecular weight is 455 g/mol. The third-order valence-electron chi connectivity index (χ3n) is 7.93. The van der Waals surface area contributed by atoms with Gasteiger partial charge in [0.25, 0.3) is 5.91 Å². The summed E-state index contributed by atoms with van der Waals surface area (Å²) in [6, 6.07) is 7.99. The van der Waals surface area contributed by atoms with Crippen LogP contribution in [-0.2, 0) is 9.59 Å². The highest BCUT2D eigenvalue weighted by Gasteiger charge is 2.52. The Bertz CT molecular complexity index is 897. The Kier molecular flexibility index (Phi) is 7.07. The smallest absolute Gasteiger partial charge is 0.257 e. The van der Waals surface area contributed by atoms with Crippen LogP contribution in [-0.4, -0.2) is 77.9 Å². The van der Waals surface area contributed by atoms with Crippen LogP contribution in [0.25, 0.3) is 0 Å². The quantitative estimate of drug-likeness (QED) is 0.603. The van der Waals surface area contributed by atoms with E-state index < -0.39 is 5.66 Å². The number of fused-ring (bicyclic) bond motifs is 3. The van der Waals surface area contributed by atoms with Crippen molar-refractivity contribution in [1.29, 1.82) is 0 Å². The van der Waals surface area contributed by atoms with Gasteiger partial charge in [-0.3, -0.25) is 19.3 Å². The molecule has 180 valence electrons. The number of amides is 3. The highest BCUT2D eigenvalue weighted by molar-refractivity contribution is 6.10. The number of carbonyl (C=O) groups excluding carboxylic acids is 3. The highest BCUT2D eigenvalue weighted by Crippen LogP contribution is 2.44. The number of benzene rings is 1. The van der Waals surface area contributed by atoms with Crippen molar-refractivity contribution < 1.29 is 14.4 Å². The SMILES string of the molecule is CN(CCN(C)C1CCCCC1)C(=O)CCCN1C(=O)c2ccccc2N2C(=O)CCC12C. The van der Waals surface area contributed by atoms with Crippen molar-refractivity contribution in [2.75, 3.05) is 38.6 Å². The molecule has 0 radical (unpaired) electrons. The molecule has 1 aromatic carbocycles. The molecular weight excluding hydrogens is 416 g/mol. The van der Waals surface area contributed by atoms with Crippen molar-refractivity contribution in [3.05, 3.63) is 29.8 Å². The first-order chi connectivity index (χ1) is 15.8. The van der Waals surface area contributed by atoms with Crippen LogP contribution in [0, 0.1) is 0 Å². The number of hydrogen-bond acceptors (Lipinski definition) is 4. The zero-order valence-electron chi connectivity index (χ0n) is 20.4. The molecule has 3 amide bonds. The van der Waals surface area contributed by atoms with E-state index in [0.29, 0.717) is 49.5 Å². The maximum atomic E-state index is 13.3. The predicted molar refractivity (Wildman–Crippen MR) is 129 cm³/mol. The number of likely N-dealkylation sites (N-methyl/N-ethyl adjacent to an activating group) is 2. The van der Waals surface area contributed by atoms with Gasteiger partial charge in [-0.2, -0.15) is 0 Å². The lowest BCUT2D eigenvalue weighted by molar-refractivity contribution is -0.130. The monoisotopic (exact) mass is 454 g/mol. The van der Waals surface area contributed by atoms with Crippen LogP contribution < -0.4 is 4.90 Å². The van der Waals surface area contributed by atoms with Gasteiger partial charge in [0.05, 0.1) is 11.3 Å². The summed E-state index contributed by atoms with van der Waals surface area (Å²) in [6.07, 6.45) is 8.54. The first-order valence-electron chi connectivity index (χ1n) is 12.5. The molecule has 1 aliphatic carbocycles. The van der Waals surface area contributed by atoms with Gasteiger partial charge in [-0.15, -0.1) is 0 Å². The van der Waals surface area contributed by atoms with Gasteiger partial charge in [0.15, 0.2) is 0 Å². The normalized spacial score (nSPS) is 23.2. The van der Waals surface area contributed by atoms with E-state index in [2.05, 4.69) is 11.9 Å². The second-order valence-electron chi connectivity index (χ2n) is 10.1. The molecule has 1 atom stereocenters. The molecular formula is C26H38N4O3. The van der Waals surface area contributed by atoms with Crippen LogP contribution in [0.1, 0.15) is 75.1 Å². The maximum Gasteiger partial charge on any atom is 0.257 e. The minimum atomic E-state index is -0.653. The molecule has 3 aliphatic rings. The summed E-state index contributed by atoms with van der Waals surface area (Å²) < 4.78 is 0. The van der Waals surface area contributed by atoms with E-state index in [4.69, 9.17) is 0 Å². The summed E-state index contributed by atoms with van der Waals surface area (Å²) in [5, 5.41) is 0. The number of anilines is 1. The number of carbonyl (C=O) groups is 3. The van der Waals surface area contributed by atoms with Crippen LogP contribution >= 0.6 is 0 Å². The third kappa shape index (κ3) is 4.65. The molecule has 33 heavy (non-hydrogen) atoms. The Morgan fingerprint density at radius 2 is 1.82 bits per heavy atom. The molecule has 2 heterocycles. The van der Waals surface area contributed by atoms with Crippen LogP contribution in [0.15, 0.2) is 24.3 Å². The molecule has 7 nitrogen and oxygen atoms in total. The van der Waals surface area contributed by atoms with Crippen LogP contribution in [0.5, 0.6) is 0 Å². The van der Waals surface area contributed by atoms with Crippen molar-refractivity contribution in [2.45, 2.75) is 76.4 Å². The van der Waals surface area contributed by atoms with E-state index in [1.807, 2.05) is 42.0 Å². The van der Waals surface area contributed by atoms with Gasteiger partial charge in [0.2, 0.25) is 11.8 Å². The first-order valence-corrected chi connectivity index (χ1v) is 12.5. The Labute approximate surface area is 197 Å². The van der Waals surface area contributed by atoms with Crippen molar-refractivity contribution in [3.63, 3.8) is 0 Å². The number of hydrogen-bond donors (Lipinski definition) is 0. The van der Waals surface area contributed by atoms with Gasteiger partial charge in [0.1, 0.15) is 5.66 Å². The molecule has 0 N–H and O–H groups in total. The average Bonchev–Trinajstić information content (AvgIpc) is 3.14. The largest absolute Gasteiger partial charge is 0.344 e. The molecule has 4 rings (SSSR count).